The van der Waals surface area contributed by atoms with Crippen LogP contribution in [0.1, 0.15) is 27.6 Å². The van der Waals surface area contributed by atoms with Crippen molar-refractivity contribution in [1.29, 1.82) is 0 Å². The maximum Gasteiger partial charge on any atom is 0.341 e. The van der Waals surface area contributed by atoms with Gasteiger partial charge in [-0.25, -0.2) is 9.78 Å². The third-order valence-electron chi connectivity index (χ3n) is 3.66. The van der Waals surface area contributed by atoms with Crippen molar-refractivity contribution < 1.29 is 14.3 Å². The van der Waals surface area contributed by atoms with Gasteiger partial charge in [0, 0.05) is 22.2 Å². The predicted octanol–water partition coefficient (Wildman–Crippen LogP) is 5.55. The molecule has 3 rings (SSSR count). The molecule has 0 fully saturated rings. The molecule has 0 radical (unpaired) electrons. The highest BCUT2D eigenvalue weighted by molar-refractivity contribution is 7.15. The van der Waals surface area contributed by atoms with Crippen LogP contribution in [0.3, 0.4) is 0 Å². The second kappa shape index (κ2) is 8.52. The van der Waals surface area contributed by atoms with Crippen LogP contribution in [0.25, 0.3) is 11.1 Å². The first-order chi connectivity index (χ1) is 13.0. The summed E-state index contributed by atoms with van der Waals surface area (Å²) in [4.78, 5) is 29.0. The van der Waals surface area contributed by atoms with E-state index in [0.717, 1.165) is 5.56 Å². The number of nitrogens with one attached hydrogen (secondary N) is 1. The number of carbonyl (C=O) groups excluding carboxylic acids is 2. The third-order valence-corrected chi connectivity index (χ3v) is 5.11. The molecule has 0 atom stereocenters. The Morgan fingerprint density at radius 2 is 1.93 bits per heavy atom. The Hall–Kier alpha value is -2.41. The fourth-order valence-corrected chi connectivity index (χ4v) is 3.71. The lowest BCUT2D eigenvalue weighted by molar-refractivity contribution is 0.0529. The minimum atomic E-state index is -0.517. The first-order valence-electron chi connectivity index (χ1n) is 7.97. The Morgan fingerprint density at radius 1 is 1.19 bits per heavy atom. The van der Waals surface area contributed by atoms with E-state index in [1.165, 1.54) is 17.5 Å². The smallest absolute Gasteiger partial charge is 0.341 e. The van der Waals surface area contributed by atoms with Gasteiger partial charge >= 0.3 is 5.97 Å². The molecule has 0 aliphatic rings. The third kappa shape index (κ3) is 4.30. The van der Waals surface area contributed by atoms with Crippen molar-refractivity contribution in [3.8, 4) is 11.1 Å². The fraction of sp³-hybridized carbons (Fsp3) is 0.105. The summed E-state index contributed by atoms with van der Waals surface area (Å²) in [6.45, 7) is 1.94. The summed E-state index contributed by atoms with van der Waals surface area (Å²) in [6, 6.07) is 10.2. The zero-order valence-corrected chi connectivity index (χ0v) is 16.5. The first kappa shape index (κ1) is 19.4. The van der Waals surface area contributed by atoms with E-state index in [-0.39, 0.29) is 22.9 Å². The van der Waals surface area contributed by atoms with Crippen LogP contribution in [0.5, 0.6) is 0 Å². The zero-order chi connectivity index (χ0) is 19.4. The van der Waals surface area contributed by atoms with Gasteiger partial charge in [0.15, 0.2) is 0 Å². The molecular weight excluding hydrogens is 407 g/mol. The second-order valence-corrected chi connectivity index (χ2v) is 7.05. The molecule has 27 heavy (non-hydrogen) atoms. The van der Waals surface area contributed by atoms with Crippen molar-refractivity contribution in [3.63, 3.8) is 0 Å². The van der Waals surface area contributed by atoms with Crippen LogP contribution in [0.2, 0.25) is 10.2 Å². The highest BCUT2D eigenvalue weighted by Gasteiger charge is 2.23. The number of benzene rings is 1. The fourth-order valence-electron chi connectivity index (χ4n) is 2.42. The van der Waals surface area contributed by atoms with Crippen LogP contribution in [-0.4, -0.2) is 23.5 Å². The maximum absolute atomic E-state index is 12.6. The average molecular weight is 421 g/mol. The lowest BCUT2D eigenvalue weighted by Gasteiger charge is -2.09. The minimum Gasteiger partial charge on any atom is -0.462 e. The molecule has 3 aromatic rings. The van der Waals surface area contributed by atoms with Crippen molar-refractivity contribution in [2.75, 3.05) is 11.9 Å². The van der Waals surface area contributed by atoms with E-state index in [2.05, 4.69) is 10.3 Å². The number of carbonyl (C=O) groups is 2. The molecule has 0 aliphatic carbocycles. The molecule has 138 valence electrons. The molecular formula is C19H14Cl2N2O3S. The summed E-state index contributed by atoms with van der Waals surface area (Å²) in [5, 5.41) is 5.58. The van der Waals surface area contributed by atoms with Gasteiger partial charge in [-0.05, 0) is 36.8 Å². The number of esters is 1. The first-order valence-corrected chi connectivity index (χ1v) is 9.61. The van der Waals surface area contributed by atoms with E-state index in [1.54, 1.807) is 48.7 Å². The quantitative estimate of drug-likeness (QED) is 0.434. The summed E-state index contributed by atoms with van der Waals surface area (Å²) in [5.41, 5.74) is 1.95. The van der Waals surface area contributed by atoms with Crippen molar-refractivity contribution in [2.24, 2.45) is 0 Å². The maximum atomic E-state index is 12.6. The molecule has 0 unspecified atom stereocenters. The predicted molar refractivity (Wildman–Crippen MR) is 108 cm³/mol. The molecule has 8 heteroatoms. The number of amides is 1. The number of halogens is 2. The second-order valence-electron chi connectivity index (χ2n) is 5.38. The standard InChI is InChI=1S/C19H14Cl2N2O3S/c1-2-26-19(25)15-14(11-5-7-12(20)8-6-11)10-27-18(15)23-17(24)13-4-3-9-22-16(13)21/h3-10H,2H2,1H3,(H,23,24). The van der Waals surface area contributed by atoms with Gasteiger partial charge in [-0.3, -0.25) is 4.79 Å². The van der Waals surface area contributed by atoms with Crippen LogP contribution in [-0.2, 0) is 4.74 Å². The Bertz CT molecular complexity index is 987. The molecule has 1 aromatic carbocycles. The van der Waals surface area contributed by atoms with Gasteiger partial charge in [0.2, 0.25) is 0 Å². The molecule has 0 aliphatic heterocycles. The number of hydrogen-bond acceptors (Lipinski definition) is 5. The van der Waals surface area contributed by atoms with Crippen molar-refractivity contribution in [2.45, 2.75) is 6.92 Å². The van der Waals surface area contributed by atoms with Crippen molar-refractivity contribution in [3.05, 3.63) is 69.3 Å². The molecule has 1 amide bonds. The van der Waals surface area contributed by atoms with Gasteiger partial charge < -0.3 is 10.1 Å². The van der Waals surface area contributed by atoms with Crippen LogP contribution in [0, 0.1) is 0 Å². The number of hydrogen-bond donors (Lipinski definition) is 1. The van der Waals surface area contributed by atoms with E-state index in [0.29, 0.717) is 15.6 Å². The van der Waals surface area contributed by atoms with Gasteiger partial charge in [0.1, 0.15) is 15.7 Å². The van der Waals surface area contributed by atoms with E-state index in [9.17, 15) is 9.59 Å². The lowest BCUT2D eigenvalue weighted by atomic mass is 10.0. The van der Waals surface area contributed by atoms with Crippen LogP contribution in [0.15, 0.2) is 48.0 Å². The normalized spacial score (nSPS) is 10.5. The number of aromatic nitrogens is 1. The van der Waals surface area contributed by atoms with Gasteiger partial charge in [0.25, 0.3) is 5.91 Å². The van der Waals surface area contributed by atoms with E-state index >= 15 is 0 Å². The number of ether oxygens (including phenoxy) is 1. The lowest BCUT2D eigenvalue weighted by Crippen LogP contribution is -2.15. The van der Waals surface area contributed by atoms with E-state index in [1.807, 2.05) is 0 Å². The number of nitrogens with zero attached hydrogens (tertiary/aromatic N) is 1. The molecule has 5 nitrogen and oxygen atoms in total. The van der Waals surface area contributed by atoms with Gasteiger partial charge in [-0.2, -0.15) is 0 Å². The molecule has 2 heterocycles. The van der Waals surface area contributed by atoms with Gasteiger partial charge in [0.05, 0.1) is 12.2 Å². The summed E-state index contributed by atoms with van der Waals surface area (Å²) in [6.07, 6.45) is 1.49. The van der Waals surface area contributed by atoms with Gasteiger partial charge in [-0.15, -0.1) is 11.3 Å². The summed E-state index contributed by atoms with van der Waals surface area (Å²) < 4.78 is 5.18. The molecule has 0 saturated heterocycles. The zero-order valence-electron chi connectivity index (χ0n) is 14.2. The van der Waals surface area contributed by atoms with E-state index < -0.39 is 11.9 Å². The summed E-state index contributed by atoms with van der Waals surface area (Å²) in [5.74, 6) is -0.973. The molecule has 1 N–H and O–H groups in total. The van der Waals surface area contributed by atoms with Crippen molar-refractivity contribution in [1.82, 2.24) is 4.98 Å². The van der Waals surface area contributed by atoms with Gasteiger partial charge in [-0.1, -0.05) is 35.3 Å². The average Bonchev–Trinajstić information content (AvgIpc) is 3.06. The number of thiophene rings is 1. The number of rotatable bonds is 5. The Morgan fingerprint density at radius 3 is 2.59 bits per heavy atom. The highest BCUT2D eigenvalue weighted by atomic mass is 35.5. The largest absolute Gasteiger partial charge is 0.462 e. The topological polar surface area (TPSA) is 68.3 Å². The Balaban J connectivity index is 2.00. The van der Waals surface area contributed by atoms with E-state index in [4.69, 9.17) is 27.9 Å². The van der Waals surface area contributed by atoms with Crippen LogP contribution >= 0.6 is 34.5 Å². The molecule has 0 saturated carbocycles. The van der Waals surface area contributed by atoms with Crippen LogP contribution in [0.4, 0.5) is 5.00 Å². The van der Waals surface area contributed by atoms with Crippen molar-refractivity contribution >= 4 is 51.4 Å². The number of pyridine rings is 1. The molecule has 2 aromatic heterocycles. The summed E-state index contributed by atoms with van der Waals surface area (Å²) in [7, 11) is 0. The highest BCUT2D eigenvalue weighted by Crippen LogP contribution is 2.37. The minimum absolute atomic E-state index is 0.0853. The Labute approximate surface area is 169 Å². The number of anilines is 1. The molecule has 0 bridgehead atoms. The summed E-state index contributed by atoms with van der Waals surface area (Å²) >= 11 is 13.2. The molecule has 0 spiro atoms. The monoisotopic (exact) mass is 420 g/mol. The Kier molecular flexibility index (Phi) is 6.11. The SMILES string of the molecule is CCOC(=O)c1c(-c2ccc(Cl)cc2)csc1NC(=O)c1cccnc1Cl. The van der Waals surface area contributed by atoms with Crippen LogP contribution < -0.4 is 5.32 Å².